The van der Waals surface area contributed by atoms with E-state index in [1.165, 1.54) is 36.4 Å². The average molecular weight is 396 g/mol. The smallest absolute Gasteiger partial charge is 0.416 e. The minimum Gasteiger partial charge on any atom is -0.508 e. The summed E-state index contributed by atoms with van der Waals surface area (Å²) in [6.07, 6.45) is -3.64. The van der Waals surface area contributed by atoms with Crippen LogP contribution >= 0.6 is 0 Å². The molecular formula is C23H15F3O3. The van der Waals surface area contributed by atoms with E-state index in [0.717, 1.165) is 12.1 Å². The van der Waals surface area contributed by atoms with Crippen LogP contribution < -0.4 is 4.74 Å². The molecule has 1 aliphatic rings. The lowest BCUT2D eigenvalue weighted by Crippen LogP contribution is -2.23. The number of phenolic OH excluding ortho intramolecular Hbond substituents is 1. The molecule has 29 heavy (non-hydrogen) atoms. The van der Waals surface area contributed by atoms with E-state index in [9.17, 15) is 23.1 Å². The van der Waals surface area contributed by atoms with Crippen LogP contribution in [0.4, 0.5) is 13.2 Å². The van der Waals surface area contributed by atoms with Crippen molar-refractivity contribution in [1.29, 1.82) is 0 Å². The Morgan fingerprint density at radius 3 is 2.28 bits per heavy atom. The van der Waals surface area contributed by atoms with Gasteiger partial charge in [-0.15, -0.1) is 0 Å². The fourth-order valence-electron chi connectivity index (χ4n) is 3.23. The van der Waals surface area contributed by atoms with E-state index in [1.807, 2.05) is 6.07 Å². The van der Waals surface area contributed by atoms with E-state index in [0.29, 0.717) is 16.7 Å². The van der Waals surface area contributed by atoms with Crippen molar-refractivity contribution >= 4 is 11.9 Å². The lowest BCUT2D eigenvalue weighted by atomic mass is 9.89. The van der Waals surface area contributed by atoms with Gasteiger partial charge in [0.15, 0.2) is 11.9 Å². The zero-order valence-electron chi connectivity index (χ0n) is 15.0. The first-order chi connectivity index (χ1) is 13.8. The summed E-state index contributed by atoms with van der Waals surface area (Å²) >= 11 is 0. The monoisotopic (exact) mass is 396 g/mol. The highest BCUT2D eigenvalue weighted by Gasteiger charge is 2.33. The second kappa shape index (κ2) is 7.13. The zero-order chi connectivity index (χ0) is 20.6. The predicted octanol–water partition coefficient (Wildman–Crippen LogP) is 5.81. The molecule has 3 nitrogen and oxygen atoms in total. The molecule has 0 bridgehead atoms. The molecule has 0 aliphatic carbocycles. The third kappa shape index (κ3) is 3.74. The third-order valence-corrected chi connectivity index (χ3v) is 4.66. The minimum absolute atomic E-state index is 0.0291. The van der Waals surface area contributed by atoms with Crippen LogP contribution in [0, 0.1) is 0 Å². The van der Waals surface area contributed by atoms with Crippen LogP contribution in [0.5, 0.6) is 11.5 Å². The van der Waals surface area contributed by atoms with E-state index >= 15 is 0 Å². The quantitative estimate of drug-likeness (QED) is 0.556. The number of carbonyl (C=O) groups excluding carboxylic acids is 1. The van der Waals surface area contributed by atoms with Crippen molar-refractivity contribution in [2.75, 3.05) is 0 Å². The van der Waals surface area contributed by atoms with Gasteiger partial charge < -0.3 is 9.84 Å². The number of hydrogen-bond acceptors (Lipinski definition) is 3. The normalized spacial score (nSPS) is 17.7. The Labute approximate surface area is 164 Å². The molecule has 3 aromatic rings. The molecule has 4 rings (SSSR count). The number of rotatable bonds is 2. The molecule has 0 saturated heterocycles. The molecule has 3 aromatic carbocycles. The lowest BCUT2D eigenvalue weighted by molar-refractivity contribution is -0.137. The first-order valence-corrected chi connectivity index (χ1v) is 8.81. The van der Waals surface area contributed by atoms with Crippen LogP contribution in [-0.2, 0) is 6.18 Å². The van der Waals surface area contributed by atoms with Gasteiger partial charge in [0.1, 0.15) is 11.5 Å². The van der Waals surface area contributed by atoms with Gasteiger partial charge in [0.2, 0.25) is 0 Å². The summed E-state index contributed by atoms with van der Waals surface area (Å²) in [5, 5.41) is 9.73. The molecule has 6 heteroatoms. The molecule has 1 aliphatic heterocycles. The Bertz CT molecular complexity index is 1080. The van der Waals surface area contributed by atoms with Crippen LogP contribution in [0.25, 0.3) is 6.08 Å². The Kier molecular flexibility index (Phi) is 4.62. The van der Waals surface area contributed by atoms with Crippen molar-refractivity contribution in [2.24, 2.45) is 0 Å². The van der Waals surface area contributed by atoms with E-state index in [-0.39, 0.29) is 22.8 Å². The number of aromatic hydroxyl groups is 1. The van der Waals surface area contributed by atoms with Crippen LogP contribution in [0.1, 0.15) is 33.2 Å². The van der Waals surface area contributed by atoms with E-state index in [2.05, 4.69) is 0 Å². The molecule has 0 fully saturated rings. The van der Waals surface area contributed by atoms with Gasteiger partial charge in [-0.05, 0) is 41.5 Å². The highest BCUT2D eigenvalue weighted by Crippen LogP contribution is 2.40. The van der Waals surface area contributed by atoms with Crippen LogP contribution in [0.2, 0.25) is 0 Å². The minimum atomic E-state index is -4.43. The second-order valence-electron chi connectivity index (χ2n) is 6.64. The standard InChI is InChI=1S/C23H15F3O3/c24-23(25,26)16-8-6-14(7-9-16)12-19-21(28)18-11-10-17(27)13-20(18)29-22(19)15-4-2-1-3-5-15/h1-13,22,27H/b19-12+. The van der Waals surface area contributed by atoms with Crippen LogP contribution in [0.15, 0.2) is 78.4 Å². The van der Waals surface area contributed by atoms with Gasteiger partial charge in [-0.3, -0.25) is 4.79 Å². The maximum absolute atomic E-state index is 13.1. The Morgan fingerprint density at radius 1 is 0.931 bits per heavy atom. The predicted molar refractivity (Wildman–Crippen MR) is 102 cm³/mol. The van der Waals surface area contributed by atoms with Gasteiger partial charge in [0.25, 0.3) is 0 Å². The number of phenols is 1. The van der Waals surface area contributed by atoms with E-state index < -0.39 is 17.8 Å². The number of fused-ring (bicyclic) bond motifs is 1. The molecule has 0 amide bonds. The van der Waals surface area contributed by atoms with E-state index in [4.69, 9.17) is 4.74 Å². The third-order valence-electron chi connectivity index (χ3n) is 4.66. The molecule has 1 heterocycles. The summed E-state index contributed by atoms with van der Waals surface area (Å²) in [7, 11) is 0. The van der Waals surface area contributed by atoms with Crippen molar-refractivity contribution in [3.05, 3.63) is 101 Å². The second-order valence-corrected chi connectivity index (χ2v) is 6.64. The summed E-state index contributed by atoms with van der Waals surface area (Å²) < 4.78 is 44.4. The van der Waals surface area contributed by atoms with Crippen molar-refractivity contribution in [3.63, 3.8) is 0 Å². The fraction of sp³-hybridized carbons (Fsp3) is 0.0870. The molecule has 0 saturated carbocycles. The number of Topliss-reactive ketones (excluding diaryl/α,β-unsaturated/α-hetero) is 1. The Morgan fingerprint density at radius 2 is 1.62 bits per heavy atom. The molecule has 0 aromatic heterocycles. The molecule has 0 spiro atoms. The summed E-state index contributed by atoms with van der Waals surface area (Å²) in [6.45, 7) is 0. The first kappa shape index (κ1) is 18.8. The van der Waals surface area contributed by atoms with Gasteiger partial charge in [-0.25, -0.2) is 0 Å². The molecule has 1 N–H and O–H groups in total. The molecule has 1 atom stereocenters. The summed E-state index contributed by atoms with van der Waals surface area (Å²) in [6, 6.07) is 17.8. The first-order valence-electron chi connectivity index (χ1n) is 8.81. The van der Waals surface area contributed by atoms with Gasteiger partial charge in [-0.1, -0.05) is 42.5 Å². The van der Waals surface area contributed by atoms with Crippen molar-refractivity contribution in [1.82, 2.24) is 0 Å². The highest BCUT2D eigenvalue weighted by atomic mass is 19.4. The molecule has 146 valence electrons. The maximum Gasteiger partial charge on any atom is 0.416 e. The van der Waals surface area contributed by atoms with Crippen molar-refractivity contribution in [2.45, 2.75) is 12.3 Å². The van der Waals surface area contributed by atoms with Crippen LogP contribution in [0.3, 0.4) is 0 Å². The number of halogens is 3. The van der Waals surface area contributed by atoms with Gasteiger partial charge >= 0.3 is 6.18 Å². The molecule has 1 unspecified atom stereocenters. The Hall–Kier alpha value is -3.54. The maximum atomic E-state index is 13.1. The SMILES string of the molecule is O=C1/C(=C\c2ccc(C(F)(F)F)cc2)C(c2ccccc2)Oc2cc(O)ccc21. The largest absolute Gasteiger partial charge is 0.508 e. The summed E-state index contributed by atoms with van der Waals surface area (Å²) in [5.74, 6) is -0.0769. The number of benzene rings is 3. The summed E-state index contributed by atoms with van der Waals surface area (Å²) in [4.78, 5) is 13.1. The fourth-order valence-corrected chi connectivity index (χ4v) is 3.23. The van der Waals surface area contributed by atoms with Gasteiger partial charge in [0, 0.05) is 11.6 Å². The van der Waals surface area contributed by atoms with E-state index in [1.54, 1.807) is 24.3 Å². The summed E-state index contributed by atoms with van der Waals surface area (Å²) in [5.41, 5.74) is 0.995. The number of ether oxygens (including phenoxy) is 1. The number of hydrogen-bond donors (Lipinski definition) is 1. The topological polar surface area (TPSA) is 46.5 Å². The van der Waals surface area contributed by atoms with Crippen molar-refractivity contribution < 1.29 is 27.8 Å². The lowest BCUT2D eigenvalue weighted by Gasteiger charge is -2.28. The van der Waals surface area contributed by atoms with Crippen molar-refractivity contribution in [3.8, 4) is 11.5 Å². The average Bonchev–Trinajstić information content (AvgIpc) is 2.70. The number of carbonyl (C=O) groups is 1. The number of alkyl halides is 3. The molecule has 0 radical (unpaired) electrons. The molecular weight excluding hydrogens is 381 g/mol. The van der Waals surface area contributed by atoms with Gasteiger partial charge in [0.05, 0.1) is 11.1 Å². The zero-order valence-corrected chi connectivity index (χ0v) is 15.0. The van der Waals surface area contributed by atoms with Gasteiger partial charge in [-0.2, -0.15) is 13.2 Å². The Balaban J connectivity index is 1.80. The highest BCUT2D eigenvalue weighted by molar-refractivity contribution is 6.14. The van der Waals surface area contributed by atoms with Crippen LogP contribution in [-0.4, -0.2) is 10.9 Å². The number of ketones is 1.